The van der Waals surface area contributed by atoms with Crippen LogP contribution < -0.4 is 10.1 Å². The van der Waals surface area contributed by atoms with E-state index in [0.29, 0.717) is 52.2 Å². The van der Waals surface area contributed by atoms with E-state index in [1.165, 1.54) is 0 Å². The molecule has 2 aliphatic heterocycles. The molecule has 0 spiro atoms. The van der Waals surface area contributed by atoms with Crippen LogP contribution >= 0.6 is 0 Å². The highest BCUT2D eigenvalue weighted by atomic mass is 16.5. The molecule has 0 bridgehead atoms. The smallest absolute Gasteiger partial charge is 0.246 e. The van der Waals surface area contributed by atoms with Crippen molar-refractivity contribution < 1.29 is 19.1 Å². The van der Waals surface area contributed by atoms with E-state index in [0.717, 1.165) is 17.9 Å². The Balaban J connectivity index is 1.58. The molecular formula is C19H27N3O4. The highest BCUT2D eigenvalue weighted by Crippen LogP contribution is 2.15. The lowest BCUT2D eigenvalue weighted by molar-refractivity contribution is -0.149. The molecule has 3 rings (SSSR count). The summed E-state index contributed by atoms with van der Waals surface area (Å²) in [5, 5.41) is 3.24. The number of benzene rings is 1. The number of nitrogens with one attached hydrogen (secondary N) is 1. The van der Waals surface area contributed by atoms with E-state index in [4.69, 9.17) is 9.47 Å². The third kappa shape index (κ3) is 4.53. The van der Waals surface area contributed by atoms with Crippen molar-refractivity contribution >= 4 is 11.8 Å². The van der Waals surface area contributed by atoms with E-state index < -0.39 is 6.04 Å². The highest BCUT2D eigenvalue weighted by molar-refractivity contribution is 5.88. The summed E-state index contributed by atoms with van der Waals surface area (Å²) >= 11 is 0. The maximum Gasteiger partial charge on any atom is 0.246 e. The van der Waals surface area contributed by atoms with Crippen LogP contribution in [0.5, 0.6) is 5.75 Å². The van der Waals surface area contributed by atoms with Gasteiger partial charge in [-0.05, 0) is 24.1 Å². The normalized spacial score (nSPS) is 20.7. The molecule has 2 fully saturated rings. The average Bonchev–Trinajstić information content (AvgIpc) is 2.72. The number of carbonyl (C=O) groups excluding carboxylic acids is 2. The van der Waals surface area contributed by atoms with Gasteiger partial charge in [-0.15, -0.1) is 0 Å². The van der Waals surface area contributed by atoms with E-state index in [1.54, 1.807) is 12.0 Å². The van der Waals surface area contributed by atoms with Crippen LogP contribution in [0.4, 0.5) is 0 Å². The van der Waals surface area contributed by atoms with Crippen LogP contribution in [-0.4, -0.2) is 80.7 Å². The Labute approximate surface area is 154 Å². The van der Waals surface area contributed by atoms with Crippen LogP contribution in [-0.2, 0) is 20.7 Å². The van der Waals surface area contributed by atoms with E-state index in [2.05, 4.69) is 5.32 Å². The van der Waals surface area contributed by atoms with Crippen LogP contribution in [0.15, 0.2) is 24.3 Å². The first kappa shape index (κ1) is 18.7. The molecule has 2 heterocycles. The van der Waals surface area contributed by atoms with Crippen LogP contribution in [0.2, 0.25) is 0 Å². The van der Waals surface area contributed by atoms with Crippen LogP contribution in [0, 0.1) is 0 Å². The number of piperazine rings is 1. The number of hydrogen-bond donors (Lipinski definition) is 1. The Kier molecular flexibility index (Phi) is 6.46. The van der Waals surface area contributed by atoms with Gasteiger partial charge < -0.3 is 24.6 Å². The van der Waals surface area contributed by atoms with Gasteiger partial charge in [-0.1, -0.05) is 12.1 Å². The summed E-state index contributed by atoms with van der Waals surface area (Å²) in [4.78, 5) is 29.2. The van der Waals surface area contributed by atoms with Crippen LogP contribution in [0.3, 0.4) is 0 Å². The number of ether oxygens (including phenoxy) is 2. The molecular weight excluding hydrogens is 334 g/mol. The number of hydrogen-bond acceptors (Lipinski definition) is 5. The molecule has 1 N–H and O–H groups in total. The number of carbonyl (C=O) groups is 2. The first-order valence-electron chi connectivity index (χ1n) is 9.18. The fourth-order valence-electron chi connectivity index (χ4n) is 3.41. The van der Waals surface area contributed by atoms with Gasteiger partial charge in [0.2, 0.25) is 11.8 Å². The van der Waals surface area contributed by atoms with Crippen molar-refractivity contribution in [1.29, 1.82) is 0 Å². The number of rotatable bonds is 5. The molecule has 1 aromatic rings. The lowest BCUT2D eigenvalue weighted by Crippen LogP contribution is -2.61. The summed E-state index contributed by atoms with van der Waals surface area (Å²) in [6.45, 7) is 4.15. The minimum Gasteiger partial charge on any atom is -0.497 e. The maximum atomic E-state index is 12.8. The summed E-state index contributed by atoms with van der Waals surface area (Å²) in [6, 6.07) is 7.33. The minimum atomic E-state index is -0.412. The summed E-state index contributed by atoms with van der Waals surface area (Å²) in [7, 11) is 1.63. The van der Waals surface area contributed by atoms with Gasteiger partial charge in [-0.3, -0.25) is 9.59 Å². The summed E-state index contributed by atoms with van der Waals surface area (Å²) in [5.41, 5.74) is 1.09. The molecule has 0 unspecified atom stereocenters. The predicted octanol–water partition coefficient (Wildman–Crippen LogP) is 0.287. The standard InChI is InChI=1S/C19H27N3O4/c1-25-16-5-2-15(3-6-16)4-7-18(23)22-9-8-20-14-17(22)19(24)21-10-12-26-13-11-21/h2-3,5-6,17,20H,4,7-14H2,1H3/t17-/m0/s1. The summed E-state index contributed by atoms with van der Waals surface area (Å²) < 4.78 is 10.5. The van der Waals surface area contributed by atoms with Crippen molar-refractivity contribution in [2.24, 2.45) is 0 Å². The second kappa shape index (κ2) is 9.00. The highest BCUT2D eigenvalue weighted by Gasteiger charge is 2.34. The largest absolute Gasteiger partial charge is 0.497 e. The molecule has 0 aliphatic carbocycles. The fourth-order valence-corrected chi connectivity index (χ4v) is 3.41. The minimum absolute atomic E-state index is 0.0262. The lowest BCUT2D eigenvalue weighted by Gasteiger charge is -2.39. The summed E-state index contributed by atoms with van der Waals surface area (Å²) in [6.07, 6.45) is 1.06. The van der Waals surface area contributed by atoms with Gasteiger partial charge >= 0.3 is 0 Å². The maximum absolute atomic E-state index is 12.8. The van der Waals surface area contributed by atoms with Crippen molar-refractivity contribution in [3.63, 3.8) is 0 Å². The predicted molar refractivity (Wildman–Crippen MR) is 97.1 cm³/mol. The monoisotopic (exact) mass is 361 g/mol. The van der Waals surface area contributed by atoms with Gasteiger partial charge in [-0.25, -0.2) is 0 Å². The van der Waals surface area contributed by atoms with Crippen molar-refractivity contribution in [3.8, 4) is 5.75 Å². The quantitative estimate of drug-likeness (QED) is 0.816. The average molecular weight is 361 g/mol. The van der Waals surface area contributed by atoms with Crippen molar-refractivity contribution in [2.75, 3.05) is 53.0 Å². The molecule has 26 heavy (non-hydrogen) atoms. The SMILES string of the molecule is COc1ccc(CCC(=O)N2CCNC[C@H]2C(=O)N2CCOCC2)cc1. The first-order chi connectivity index (χ1) is 12.7. The molecule has 142 valence electrons. The van der Waals surface area contributed by atoms with E-state index in [-0.39, 0.29) is 11.8 Å². The zero-order valence-electron chi connectivity index (χ0n) is 15.3. The molecule has 7 nitrogen and oxygen atoms in total. The zero-order valence-corrected chi connectivity index (χ0v) is 15.3. The molecule has 2 aliphatic rings. The van der Waals surface area contributed by atoms with E-state index >= 15 is 0 Å². The Hall–Kier alpha value is -2.12. The van der Waals surface area contributed by atoms with Gasteiger partial charge in [0.15, 0.2) is 0 Å². The van der Waals surface area contributed by atoms with Gasteiger partial charge in [0, 0.05) is 39.1 Å². The number of nitrogens with zero attached hydrogens (tertiary/aromatic N) is 2. The van der Waals surface area contributed by atoms with Gasteiger partial charge in [0.1, 0.15) is 11.8 Å². The third-order valence-electron chi connectivity index (χ3n) is 4.96. The topological polar surface area (TPSA) is 71.1 Å². The third-order valence-corrected chi connectivity index (χ3v) is 4.96. The number of amides is 2. The van der Waals surface area contributed by atoms with Crippen LogP contribution in [0.1, 0.15) is 12.0 Å². The van der Waals surface area contributed by atoms with E-state index in [9.17, 15) is 9.59 Å². The fraction of sp³-hybridized carbons (Fsp3) is 0.579. The molecule has 0 saturated carbocycles. The Bertz CT molecular complexity index is 614. The Morgan fingerprint density at radius 2 is 1.92 bits per heavy atom. The molecule has 1 atom stereocenters. The van der Waals surface area contributed by atoms with E-state index in [1.807, 2.05) is 29.2 Å². The lowest BCUT2D eigenvalue weighted by atomic mass is 10.1. The second-order valence-corrected chi connectivity index (χ2v) is 6.59. The Morgan fingerprint density at radius 1 is 1.19 bits per heavy atom. The van der Waals surface area contributed by atoms with Crippen molar-refractivity contribution in [2.45, 2.75) is 18.9 Å². The Morgan fingerprint density at radius 3 is 2.62 bits per heavy atom. The molecule has 1 aromatic carbocycles. The van der Waals surface area contributed by atoms with Gasteiger partial charge in [0.25, 0.3) is 0 Å². The van der Waals surface area contributed by atoms with Crippen molar-refractivity contribution in [1.82, 2.24) is 15.1 Å². The molecule has 7 heteroatoms. The van der Waals surface area contributed by atoms with Gasteiger partial charge in [-0.2, -0.15) is 0 Å². The summed E-state index contributed by atoms with van der Waals surface area (Å²) in [5.74, 6) is 0.866. The van der Waals surface area contributed by atoms with Crippen molar-refractivity contribution in [3.05, 3.63) is 29.8 Å². The number of aryl methyl sites for hydroxylation is 1. The zero-order chi connectivity index (χ0) is 18.4. The van der Waals surface area contributed by atoms with Crippen LogP contribution in [0.25, 0.3) is 0 Å². The molecule has 2 saturated heterocycles. The molecule has 0 aromatic heterocycles. The number of morpholine rings is 1. The first-order valence-corrected chi connectivity index (χ1v) is 9.18. The second-order valence-electron chi connectivity index (χ2n) is 6.59. The molecule has 2 amide bonds. The number of methoxy groups -OCH3 is 1. The van der Waals surface area contributed by atoms with Gasteiger partial charge in [0.05, 0.1) is 20.3 Å². The molecule has 0 radical (unpaired) electrons.